The third-order valence-corrected chi connectivity index (χ3v) is 8.10. The Kier molecular flexibility index (Phi) is 6.22. The predicted octanol–water partition coefficient (Wildman–Crippen LogP) is 4.01. The lowest BCUT2D eigenvalue weighted by Crippen LogP contribution is -2.42. The maximum atomic E-state index is 13.9. The van der Waals surface area contributed by atoms with Gasteiger partial charge in [-0.2, -0.15) is 5.10 Å². The number of carbonyl (C=O) groups excluding carboxylic acids is 1. The molecule has 6 rings (SSSR count). The predicted molar refractivity (Wildman–Crippen MR) is 142 cm³/mol. The van der Waals surface area contributed by atoms with E-state index in [0.29, 0.717) is 42.3 Å². The first-order chi connectivity index (χ1) is 18.3. The second kappa shape index (κ2) is 9.58. The van der Waals surface area contributed by atoms with Crippen molar-refractivity contribution in [2.45, 2.75) is 51.2 Å². The van der Waals surface area contributed by atoms with Crippen LogP contribution in [0.3, 0.4) is 0 Å². The van der Waals surface area contributed by atoms with Crippen molar-refractivity contribution in [1.82, 2.24) is 34.0 Å². The van der Waals surface area contributed by atoms with Crippen LogP contribution >= 0.6 is 0 Å². The van der Waals surface area contributed by atoms with Gasteiger partial charge >= 0.3 is 0 Å². The molecule has 0 bridgehead atoms. The van der Waals surface area contributed by atoms with E-state index in [9.17, 15) is 9.18 Å². The zero-order valence-electron chi connectivity index (χ0n) is 22.0. The number of imidazole rings is 1. The average Bonchev–Trinajstić information content (AvgIpc) is 3.50. The highest BCUT2D eigenvalue weighted by Crippen LogP contribution is 2.51. The summed E-state index contributed by atoms with van der Waals surface area (Å²) >= 11 is 0. The normalized spacial score (nSPS) is 25.8. The maximum Gasteiger partial charge on any atom is 0.259 e. The second-order valence-electron chi connectivity index (χ2n) is 11.1. The number of pyridine rings is 2. The van der Waals surface area contributed by atoms with Gasteiger partial charge in [-0.1, -0.05) is 13.8 Å². The number of hydrogen-bond acceptors (Lipinski definition) is 6. The third-order valence-electron chi connectivity index (χ3n) is 8.10. The minimum atomic E-state index is -0.737. The van der Waals surface area contributed by atoms with Crippen molar-refractivity contribution in [3.63, 3.8) is 0 Å². The molecule has 2 aliphatic rings. The molecule has 38 heavy (non-hydrogen) atoms. The highest BCUT2D eigenvalue weighted by molar-refractivity contribution is 6.08. The van der Waals surface area contributed by atoms with Gasteiger partial charge < -0.3 is 9.72 Å². The van der Waals surface area contributed by atoms with Crippen LogP contribution in [0.2, 0.25) is 0 Å². The Labute approximate surface area is 221 Å². The number of likely N-dealkylation sites (tertiary alicyclic amines) is 1. The summed E-state index contributed by atoms with van der Waals surface area (Å²) in [5.74, 6) is 1.13. The number of aryl methyl sites for hydroxylation is 1. The van der Waals surface area contributed by atoms with Crippen LogP contribution in [0.1, 0.15) is 60.5 Å². The van der Waals surface area contributed by atoms with E-state index in [1.165, 1.54) is 0 Å². The molecule has 9 nitrogen and oxygen atoms in total. The summed E-state index contributed by atoms with van der Waals surface area (Å²) in [6, 6.07) is 5.62. The van der Waals surface area contributed by atoms with Crippen molar-refractivity contribution in [3.05, 3.63) is 72.0 Å². The van der Waals surface area contributed by atoms with E-state index in [4.69, 9.17) is 0 Å². The lowest BCUT2D eigenvalue weighted by Gasteiger charge is -2.44. The number of piperidine rings is 1. The first-order valence-corrected chi connectivity index (χ1v) is 13.3. The Morgan fingerprint density at radius 3 is 2.79 bits per heavy atom. The minimum absolute atomic E-state index is 0.0180. The molecule has 4 aromatic heterocycles. The van der Waals surface area contributed by atoms with E-state index in [0.717, 1.165) is 36.5 Å². The van der Waals surface area contributed by atoms with Gasteiger partial charge in [0.05, 0.1) is 34.8 Å². The number of amides is 1. The van der Waals surface area contributed by atoms with Gasteiger partial charge in [-0.3, -0.25) is 19.4 Å². The minimum Gasteiger partial charge on any atom is -0.320 e. The molecule has 0 radical (unpaired) electrons. The van der Waals surface area contributed by atoms with Gasteiger partial charge in [0, 0.05) is 45.0 Å². The van der Waals surface area contributed by atoms with Gasteiger partial charge in [0.15, 0.2) is 5.82 Å². The largest absolute Gasteiger partial charge is 0.320 e. The number of fused-ring (bicyclic) bond motifs is 1. The molecule has 0 aromatic carbocycles. The summed E-state index contributed by atoms with van der Waals surface area (Å²) in [5, 5.41) is 7.62. The summed E-state index contributed by atoms with van der Waals surface area (Å²) in [6.07, 6.45) is 10.7. The molecule has 1 amide bonds. The van der Waals surface area contributed by atoms with Crippen LogP contribution in [0.25, 0.3) is 5.65 Å². The Balaban J connectivity index is 1.23. The Morgan fingerprint density at radius 1 is 1.21 bits per heavy atom. The molecule has 2 atom stereocenters. The number of hydrogen-bond donors (Lipinski definition) is 1. The van der Waals surface area contributed by atoms with E-state index in [2.05, 4.69) is 37.2 Å². The standard InChI is InChI=1S/C28H33FN8O/c1-18-10-28(11-18,27-32-17-35(3)34-27)20-9-21(13-30-12-20)33-26(38)23-5-4-7-37-22(14-31-25(23)37)16-36-8-6-24(29)19(2)15-36/h4-5,7,9,12-14,17-19,24H,6,8,10-11,15-16H2,1-3H3,(H,33,38)/t18?,19-,24+,28?/m1/s1. The molecule has 1 N–H and O–H groups in total. The molecule has 1 aliphatic carbocycles. The third kappa shape index (κ3) is 4.36. The van der Waals surface area contributed by atoms with Gasteiger partial charge in [0.2, 0.25) is 0 Å². The van der Waals surface area contributed by atoms with Gasteiger partial charge in [-0.05, 0) is 48.9 Å². The molecular formula is C28H33FN8O. The number of rotatable bonds is 6. The second-order valence-corrected chi connectivity index (χ2v) is 11.1. The smallest absolute Gasteiger partial charge is 0.259 e. The Morgan fingerprint density at radius 2 is 2.05 bits per heavy atom. The topological polar surface area (TPSA) is 93.2 Å². The molecule has 10 heteroatoms. The fourth-order valence-corrected chi connectivity index (χ4v) is 6.14. The van der Waals surface area contributed by atoms with Crippen LogP contribution in [0.5, 0.6) is 0 Å². The van der Waals surface area contributed by atoms with Crippen molar-refractivity contribution in [2.75, 3.05) is 18.4 Å². The van der Waals surface area contributed by atoms with Crippen molar-refractivity contribution in [2.24, 2.45) is 18.9 Å². The van der Waals surface area contributed by atoms with Crippen molar-refractivity contribution < 1.29 is 9.18 Å². The first-order valence-electron chi connectivity index (χ1n) is 13.3. The number of aromatic nitrogens is 6. The summed E-state index contributed by atoms with van der Waals surface area (Å²) < 4.78 is 17.6. The molecule has 198 valence electrons. The van der Waals surface area contributed by atoms with E-state index in [1.807, 2.05) is 49.1 Å². The highest BCUT2D eigenvalue weighted by Gasteiger charge is 2.48. The zero-order chi connectivity index (χ0) is 26.4. The number of alkyl halides is 1. The first kappa shape index (κ1) is 24.7. The number of nitrogens with one attached hydrogen (secondary N) is 1. The van der Waals surface area contributed by atoms with Crippen LogP contribution in [-0.2, 0) is 19.0 Å². The quantitative estimate of drug-likeness (QED) is 0.416. The van der Waals surface area contributed by atoms with Crippen molar-refractivity contribution in [1.29, 1.82) is 0 Å². The molecule has 2 fully saturated rings. The molecule has 5 heterocycles. The van der Waals surface area contributed by atoms with Crippen LogP contribution in [0.15, 0.2) is 49.3 Å². The molecule has 1 saturated heterocycles. The van der Waals surface area contributed by atoms with Crippen molar-refractivity contribution in [3.8, 4) is 0 Å². The molecule has 1 saturated carbocycles. The summed E-state index contributed by atoms with van der Waals surface area (Å²) in [6.45, 7) is 6.28. The zero-order valence-corrected chi connectivity index (χ0v) is 22.0. The van der Waals surface area contributed by atoms with Gasteiger partial charge in [0.25, 0.3) is 5.91 Å². The summed E-state index contributed by atoms with van der Waals surface area (Å²) in [4.78, 5) is 29.2. The number of carbonyl (C=O) groups is 1. The summed E-state index contributed by atoms with van der Waals surface area (Å²) in [7, 11) is 1.87. The van der Waals surface area contributed by atoms with Crippen LogP contribution in [-0.4, -0.2) is 59.2 Å². The SMILES string of the molecule is CC1CC(c2cncc(NC(=O)c3cccn4c(CN5CC[C@H](F)[C@H](C)C5)cnc34)c2)(c2ncn(C)n2)C1. The van der Waals surface area contributed by atoms with Gasteiger partial charge in [0.1, 0.15) is 18.1 Å². The number of nitrogens with zero attached hydrogens (tertiary/aromatic N) is 7. The van der Waals surface area contributed by atoms with Gasteiger partial charge in [-0.15, -0.1) is 0 Å². The van der Waals surface area contributed by atoms with E-state index in [1.54, 1.807) is 23.3 Å². The van der Waals surface area contributed by atoms with Crippen LogP contribution in [0.4, 0.5) is 10.1 Å². The lowest BCUT2D eigenvalue weighted by molar-refractivity contribution is 0.0916. The Hall–Kier alpha value is -3.66. The average molecular weight is 517 g/mol. The van der Waals surface area contributed by atoms with Crippen LogP contribution in [0, 0.1) is 11.8 Å². The molecule has 4 aromatic rings. The van der Waals surface area contributed by atoms with E-state index < -0.39 is 6.17 Å². The highest BCUT2D eigenvalue weighted by atomic mass is 19.1. The lowest BCUT2D eigenvalue weighted by atomic mass is 9.59. The van der Waals surface area contributed by atoms with Gasteiger partial charge in [-0.25, -0.2) is 14.4 Å². The summed E-state index contributed by atoms with van der Waals surface area (Å²) in [5.41, 5.74) is 3.40. The number of anilines is 1. The molecule has 1 aliphatic heterocycles. The number of halogens is 1. The van der Waals surface area contributed by atoms with Crippen LogP contribution < -0.4 is 5.32 Å². The Bertz CT molecular complexity index is 1470. The fraction of sp³-hybridized carbons (Fsp3) is 0.464. The van der Waals surface area contributed by atoms with E-state index >= 15 is 0 Å². The molecule has 0 spiro atoms. The monoisotopic (exact) mass is 516 g/mol. The van der Waals surface area contributed by atoms with E-state index in [-0.39, 0.29) is 17.2 Å². The maximum absolute atomic E-state index is 13.9. The molecular weight excluding hydrogens is 483 g/mol. The molecule has 0 unspecified atom stereocenters. The fourth-order valence-electron chi connectivity index (χ4n) is 6.14. The van der Waals surface area contributed by atoms with Crippen molar-refractivity contribution >= 4 is 17.2 Å².